The zero-order chi connectivity index (χ0) is 17.6. The lowest BCUT2D eigenvalue weighted by Crippen LogP contribution is -2.15. The van der Waals surface area contributed by atoms with Crippen molar-refractivity contribution < 1.29 is 23.2 Å². The van der Waals surface area contributed by atoms with Crippen LogP contribution in [0.25, 0.3) is 6.08 Å². The van der Waals surface area contributed by atoms with Crippen molar-refractivity contribution in [2.45, 2.75) is 11.4 Å². The van der Waals surface area contributed by atoms with Gasteiger partial charge in [-0.2, -0.15) is 0 Å². The van der Waals surface area contributed by atoms with Gasteiger partial charge in [-0.05, 0) is 42.5 Å². The summed E-state index contributed by atoms with van der Waals surface area (Å²) in [7, 11) is -3.21. The minimum atomic E-state index is -3.21. The summed E-state index contributed by atoms with van der Waals surface area (Å²) in [5.74, 6) is -0.0312. The first-order chi connectivity index (χ1) is 11.4. The maximum Gasteiger partial charge on any atom is 0.267 e. The van der Waals surface area contributed by atoms with Crippen LogP contribution in [0.5, 0.6) is 5.75 Å². The van der Waals surface area contributed by atoms with Gasteiger partial charge >= 0.3 is 0 Å². The van der Waals surface area contributed by atoms with E-state index < -0.39 is 15.7 Å². The van der Waals surface area contributed by atoms with Crippen molar-refractivity contribution in [1.82, 2.24) is 10.0 Å². The molecule has 128 valence electrons. The van der Waals surface area contributed by atoms with E-state index >= 15 is 0 Å². The summed E-state index contributed by atoms with van der Waals surface area (Å²) in [4.78, 5) is 11.2. The van der Waals surface area contributed by atoms with Gasteiger partial charge in [0.05, 0.1) is 11.4 Å². The maximum absolute atomic E-state index is 11.4. The largest absolute Gasteiger partial charge is 0.492 e. The van der Waals surface area contributed by atoms with Crippen LogP contribution in [0.4, 0.5) is 0 Å². The number of sulfone groups is 1. The van der Waals surface area contributed by atoms with Crippen LogP contribution in [0.3, 0.4) is 0 Å². The number of aromatic nitrogens is 1. The predicted molar refractivity (Wildman–Crippen MR) is 88.4 cm³/mol. The van der Waals surface area contributed by atoms with Crippen LogP contribution < -0.4 is 10.2 Å². The maximum atomic E-state index is 11.4. The summed E-state index contributed by atoms with van der Waals surface area (Å²) in [5.41, 5.74) is 2.31. The highest BCUT2D eigenvalue weighted by molar-refractivity contribution is 7.90. The Hall–Kier alpha value is -2.58. The minimum Gasteiger partial charge on any atom is -0.492 e. The number of hydrogen-bond acceptors (Lipinski definition) is 5. The molecule has 0 saturated heterocycles. The van der Waals surface area contributed by atoms with Crippen LogP contribution in [0.1, 0.15) is 5.69 Å². The van der Waals surface area contributed by atoms with Gasteiger partial charge in [0, 0.05) is 24.2 Å². The summed E-state index contributed by atoms with van der Waals surface area (Å²) in [6, 6.07) is 9.88. The third-order valence-corrected chi connectivity index (χ3v) is 4.36. The molecule has 0 unspecified atom stereocenters. The van der Waals surface area contributed by atoms with E-state index in [1.807, 2.05) is 22.9 Å². The molecule has 1 heterocycles. The highest BCUT2D eigenvalue weighted by atomic mass is 32.2. The number of carbonyl (C=O) groups is 1. The summed E-state index contributed by atoms with van der Waals surface area (Å²) in [5, 5.41) is 8.45. The smallest absolute Gasteiger partial charge is 0.267 e. The highest BCUT2D eigenvalue weighted by Gasteiger charge is 2.06. The second kappa shape index (κ2) is 7.80. The normalized spacial score (nSPS) is 11.6. The number of nitrogens with zero attached hydrogens (tertiary/aromatic N) is 1. The lowest BCUT2D eigenvalue weighted by Gasteiger charge is -2.09. The second-order valence-electron chi connectivity index (χ2n) is 5.03. The molecule has 8 heteroatoms. The zero-order valence-electron chi connectivity index (χ0n) is 13.0. The van der Waals surface area contributed by atoms with Crippen molar-refractivity contribution in [1.29, 1.82) is 0 Å². The topological polar surface area (TPSA) is 97.6 Å². The van der Waals surface area contributed by atoms with Gasteiger partial charge < -0.3 is 9.30 Å². The van der Waals surface area contributed by atoms with Crippen molar-refractivity contribution in [3.8, 4) is 5.75 Å². The fraction of sp³-hybridized carbons (Fsp3) is 0.188. The Morgan fingerprint density at radius 1 is 1.29 bits per heavy atom. The van der Waals surface area contributed by atoms with E-state index in [-0.39, 0.29) is 4.90 Å². The van der Waals surface area contributed by atoms with Crippen molar-refractivity contribution >= 4 is 21.8 Å². The summed E-state index contributed by atoms with van der Waals surface area (Å²) in [6.45, 7) is 0.918. The van der Waals surface area contributed by atoms with Crippen LogP contribution in [0.2, 0.25) is 0 Å². The average Bonchev–Trinajstić information content (AvgIpc) is 2.99. The van der Waals surface area contributed by atoms with Crippen LogP contribution in [0, 0.1) is 0 Å². The molecule has 2 rings (SSSR count). The molecule has 0 fully saturated rings. The van der Waals surface area contributed by atoms with Gasteiger partial charge in [-0.3, -0.25) is 10.0 Å². The van der Waals surface area contributed by atoms with E-state index in [1.165, 1.54) is 23.7 Å². The Bertz CT molecular complexity index is 822. The molecule has 1 amide bonds. The summed E-state index contributed by atoms with van der Waals surface area (Å²) >= 11 is 0. The third kappa shape index (κ3) is 4.97. The van der Waals surface area contributed by atoms with Crippen molar-refractivity contribution in [2.75, 3.05) is 12.9 Å². The van der Waals surface area contributed by atoms with E-state index in [0.717, 1.165) is 11.9 Å². The molecule has 24 heavy (non-hydrogen) atoms. The van der Waals surface area contributed by atoms with Crippen LogP contribution in [-0.2, 0) is 21.2 Å². The second-order valence-corrected chi connectivity index (χ2v) is 7.04. The highest BCUT2D eigenvalue weighted by Crippen LogP contribution is 2.16. The van der Waals surface area contributed by atoms with Gasteiger partial charge in [-0.15, -0.1) is 0 Å². The Morgan fingerprint density at radius 2 is 2.00 bits per heavy atom. The van der Waals surface area contributed by atoms with Gasteiger partial charge in [-0.25, -0.2) is 13.9 Å². The number of rotatable bonds is 7. The van der Waals surface area contributed by atoms with Gasteiger partial charge in [0.15, 0.2) is 9.84 Å². The number of hydrogen-bond donors (Lipinski definition) is 2. The quantitative estimate of drug-likeness (QED) is 0.448. The van der Waals surface area contributed by atoms with E-state index in [0.29, 0.717) is 18.9 Å². The first-order valence-electron chi connectivity index (χ1n) is 7.10. The van der Waals surface area contributed by atoms with Crippen molar-refractivity contribution in [3.63, 3.8) is 0 Å². The number of nitrogens with one attached hydrogen (secondary N) is 1. The average molecular weight is 350 g/mol. The molecule has 0 saturated carbocycles. The third-order valence-electron chi connectivity index (χ3n) is 3.23. The Morgan fingerprint density at radius 3 is 2.62 bits per heavy atom. The van der Waals surface area contributed by atoms with Crippen LogP contribution in [0.15, 0.2) is 53.6 Å². The standard InChI is InChI=1S/C16H18N2O5S/c1-24(21,22)15-7-5-14(6-8-15)23-12-11-18-10-2-3-13(18)4-9-16(19)17-20/h2-10,20H,11-12H2,1H3,(H,17,19). The minimum absolute atomic E-state index is 0.245. The first kappa shape index (κ1) is 17.8. The van der Waals surface area contributed by atoms with Crippen molar-refractivity contribution in [3.05, 3.63) is 54.4 Å². The number of benzene rings is 1. The molecule has 0 aliphatic carbocycles. The number of carbonyl (C=O) groups excluding carboxylic acids is 1. The monoisotopic (exact) mass is 350 g/mol. The molecule has 0 aliphatic heterocycles. The van der Waals surface area contributed by atoms with Crippen LogP contribution >= 0.6 is 0 Å². The number of hydroxylamine groups is 1. The van der Waals surface area contributed by atoms with E-state index in [1.54, 1.807) is 18.2 Å². The van der Waals surface area contributed by atoms with E-state index in [4.69, 9.17) is 9.94 Å². The van der Waals surface area contributed by atoms with E-state index in [9.17, 15) is 13.2 Å². The molecule has 1 aromatic heterocycles. The summed E-state index contributed by atoms with van der Waals surface area (Å²) in [6.07, 6.45) is 5.79. The molecule has 0 radical (unpaired) electrons. The Balaban J connectivity index is 1.92. The Kier molecular flexibility index (Phi) is 5.78. The van der Waals surface area contributed by atoms with Gasteiger partial charge in [0.1, 0.15) is 12.4 Å². The van der Waals surface area contributed by atoms with Gasteiger partial charge in [0.25, 0.3) is 5.91 Å². The molecule has 2 aromatic rings. The SMILES string of the molecule is CS(=O)(=O)c1ccc(OCCn2cccc2C=CC(=O)NO)cc1. The first-order valence-corrected chi connectivity index (χ1v) is 8.99. The lowest BCUT2D eigenvalue weighted by atomic mass is 10.3. The fourth-order valence-electron chi connectivity index (χ4n) is 2.03. The fourth-order valence-corrected chi connectivity index (χ4v) is 2.66. The predicted octanol–water partition coefficient (Wildman–Crippen LogP) is 1.49. The lowest BCUT2D eigenvalue weighted by molar-refractivity contribution is -0.124. The molecule has 0 atom stereocenters. The van der Waals surface area contributed by atoms with Gasteiger partial charge in [-0.1, -0.05) is 0 Å². The molecule has 0 spiro atoms. The van der Waals surface area contributed by atoms with Crippen LogP contribution in [-0.4, -0.2) is 37.0 Å². The molecule has 7 nitrogen and oxygen atoms in total. The number of amides is 1. The zero-order valence-corrected chi connectivity index (χ0v) is 13.9. The Labute approximate surface area is 140 Å². The molecule has 2 N–H and O–H groups in total. The van der Waals surface area contributed by atoms with Crippen molar-refractivity contribution in [2.24, 2.45) is 0 Å². The van der Waals surface area contributed by atoms with E-state index in [2.05, 4.69) is 0 Å². The molecule has 0 bridgehead atoms. The van der Waals surface area contributed by atoms with Gasteiger partial charge in [0.2, 0.25) is 0 Å². The molecular formula is C16H18N2O5S. The number of ether oxygens (including phenoxy) is 1. The molecular weight excluding hydrogens is 332 g/mol. The molecule has 0 aliphatic rings. The summed E-state index contributed by atoms with van der Waals surface area (Å²) < 4.78 is 30.2. The molecule has 1 aromatic carbocycles.